The summed E-state index contributed by atoms with van der Waals surface area (Å²) in [4.78, 5) is 12.3. The zero-order chi connectivity index (χ0) is 15.7. The number of nitrogens with one attached hydrogen (secondary N) is 1. The molecule has 20 heavy (non-hydrogen) atoms. The molecule has 0 saturated heterocycles. The van der Waals surface area contributed by atoms with Gasteiger partial charge in [-0.2, -0.15) is 4.72 Å². The molecule has 1 amide bonds. The number of anilines is 1. The van der Waals surface area contributed by atoms with E-state index < -0.39 is 32.7 Å². The zero-order valence-electron chi connectivity index (χ0n) is 11.1. The molecule has 6 nitrogen and oxygen atoms in total. The number of nitrogens with two attached hydrogens (primary N) is 1. The van der Waals surface area contributed by atoms with Crippen molar-refractivity contribution in [3.05, 3.63) is 22.4 Å². The number of sulfonamides is 1. The van der Waals surface area contributed by atoms with Gasteiger partial charge in [0.15, 0.2) is 0 Å². The van der Waals surface area contributed by atoms with E-state index in [1.165, 1.54) is 25.9 Å². The Bertz CT molecular complexity index is 634. The van der Waals surface area contributed by atoms with E-state index in [1.807, 2.05) is 0 Å². The highest BCUT2D eigenvalue weighted by atomic mass is 79.9. The third-order valence-electron chi connectivity index (χ3n) is 2.48. The highest BCUT2D eigenvalue weighted by Crippen LogP contribution is 2.26. The third kappa shape index (κ3) is 3.68. The Morgan fingerprint density at radius 3 is 2.50 bits per heavy atom. The number of likely N-dealkylation sites (N-methyl/N-ethyl adjacent to an activating group) is 1. The Balaban J connectivity index is 3.12. The van der Waals surface area contributed by atoms with Crippen molar-refractivity contribution in [1.82, 2.24) is 9.62 Å². The number of hydrogen-bond acceptors (Lipinski definition) is 4. The Morgan fingerprint density at radius 2 is 2.00 bits per heavy atom. The number of rotatable bonds is 4. The molecule has 3 N–H and O–H groups in total. The summed E-state index contributed by atoms with van der Waals surface area (Å²) in [6.45, 7) is 1.38. The van der Waals surface area contributed by atoms with Crippen LogP contribution in [0.1, 0.15) is 6.92 Å². The number of hydrogen-bond donors (Lipinski definition) is 2. The number of carbonyl (C=O) groups is 1. The quantitative estimate of drug-likeness (QED) is 0.774. The minimum atomic E-state index is -4.18. The minimum Gasteiger partial charge on any atom is -0.398 e. The molecule has 112 valence electrons. The van der Waals surface area contributed by atoms with Crippen LogP contribution in [-0.2, 0) is 14.8 Å². The molecule has 1 atom stereocenters. The lowest BCUT2D eigenvalue weighted by molar-refractivity contribution is -0.130. The second kappa shape index (κ2) is 6.06. The summed E-state index contributed by atoms with van der Waals surface area (Å²) in [5.74, 6) is -1.40. The van der Waals surface area contributed by atoms with Crippen LogP contribution in [0.3, 0.4) is 0 Å². The van der Waals surface area contributed by atoms with Crippen molar-refractivity contribution >= 4 is 37.5 Å². The van der Waals surface area contributed by atoms with Crippen LogP contribution < -0.4 is 10.5 Å². The summed E-state index contributed by atoms with van der Waals surface area (Å²) in [5, 5.41) is 0. The van der Waals surface area contributed by atoms with Crippen LogP contribution in [0.2, 0.25) is 0 Å². The van der Waals surface area contributed by atoms with E-state index in [0.29, 0.717) is 0 Å². The molecule has 0 radical (unpaired) electrons. The standard InChI is InChI=1S/C11H15BrFN3O3S/c1-6(11(17)16(2)3)15-20(18,19)10-5-9(14)7(12)4-8(10)13/h4-6,15H,14H2,1-3H3. The summed E-state index contributed by atoms with van der Waals surface area (Å²) in [7, 11) is -1.20. The van der Waals surface area contributed by atoms with Crippen molar-refractivity contribution in [2.75, 3.05) is 19.8 Å². The molecular formula is C11H15BrFN3O3S. The van der Waals surface area contributed by atoms with Crippen molar-refractivity contribution in [1.29, 1.82) is 0 Å². The largest absolute Gasteiger partial charge is 0.398 e. The minimum absolute atomic E-state index is 0.0818. The molecular weight excluding hydrogens is 353 g/mol. The van der Waals surface area contributed by atoms with Gasteiger partial charge in [-0.05, 0) is 35.0 Å². The molecule has 1 aromatic carbocycles. The van der Waals surface area contributed by atoms with Crippen LogP contribution in [-0.4, -0.2) is 39.4 Å². The monoisotopic (exact) mass is 367 g/mol. The number of benzene rings is 1. The van der Waals surface area contributed by atoms with Crippen molar-refractivity contribution < 1.29 is 17.6 Å². The van der Waals surface area contributed by atoms with Gasteiger partial charge in [0.05, 0.1) is 6.04 Å². The van der Waals surface area contributed by atoms with Gasteiger partial charge in [0.25, 0.3) is 0 Å². The highest BCUT2D eigenvalue weighted by molar-refractivity contribution is 9.10. The van der Waals surface area contributed by atoms with Crippen LogP contribution in [0.15, 0.2) is 21.5 Å². The first kappa shape index (κ1) is 16.9. The highest BCUT2D eigenvalue weighted by Gasteiger charge is 2.26. The van der Waals surface area contributed by atoms with Crippen LogP contribution in [0.5, 0.6) is 0 Å². The number of amides is 1. The average Bonchev–Trinajstić information content (AvgIpc) is 2.31. The van der Waals surface area contributed by atoms with Gasteiger partial charge < -0.3 is 10.6 Å². The molecule has 0 aliphatic heterocycles. The first-order valence-electron chi connectivity index (χ1n) is 5.54. The van der Waals surface area contributed by atoms with Crippen molar-refractivity contribution in [2.45, 2.75) is 17.9 Å². The van der Waals surface area contributed by atoms with Crippen molar-refractivity contribution in [3.63, 3.8) is 0 Å². The molecule has 0 bridgehead atoms. The van der Waals surface area contributed by atoms with E-state index in [0.717, 1.165) is 12.1 Å². The van der Waals surface area contributed by atoms with E-state index in [9.17, 15) is 17.6 Å². The predicted molar refractivity (Wildman–Crippen MR) is 77.0 cm³/mol. The molecule has 1 unspecified atom stereocenters. The maximum Gasteiger partial charge on any atom is 0.244 e. The summed E-state index contributed by atoms with van der Waals surface area (Å²) in [6.07, 6.45) is 0. The molecule has 0 aliphatic rings. The van der Waals surface area contributed by atoms with Gasteiger partial charge in [-0.25, -0.2) is 12.8 Å². The summed E-state index contributed by atoms with van der Waals surface area (Å²) in [6, 6.07) is 0.941. The molecule has 0 fully saturated rings. The molecule has 9 heteroatoms. The fraction of sp³-hybridized carbons (Fsp3) is 0.364. The first-order chi connectivity index (χ1) is 9.06. The van der Waals surface area contributed by atoms with E-state index in [1.54, 1.807) is 0 Å². The van der Waals surface area contributed by atoms with Gasteiger partial charge >= 0.3 is 0 Å². The number of halogens is 2. The Labute approximate surface area is 125 Å². The topological polar surface area (TPSA) is 92.5 Å². The van der Waals surface area contributed by atoms with E-state index in [2.05, 4.69) is 20.7 Å². The molecule has 0 aliphatic carbocycles. The first-order valence-corrected chi connectivity index (χ1v) is 7.82. The fourth-order valence-electron chi connectivity index (χ4n) is 1.48. The van der Waals surface area contributed by atoms with Gasteiger partial charge in [-0.15, -0.1) is 0 Å². The normalized spacial score (nSPS) is 13.1. The van der Waals surface area contributed by atoms with Gasteiger partial charge in [0.1, 0.15) is 10.7 Å². The molecule has 1 rings (SSSR count). The van der Waals surface area contributed by atoms with Crippen LogP contribution >= 0.6 is 15.9 Å². The van der Waals surface area contributed by atoms with E-state index in [4.69, 9.17) is 5.73 Å². The lowest BCUT2D eigenvalue weighted by Gasteiger charge is -2.18. The summed E-state index contributed by atoms with van der Waals surface area (Å²) < 4.78 is 40.2. The van der Waals surface area contributed by atoms with E-state index in [-0.39, 0.29) is 10.2 Å². The third-order valence-corrected chi connectivity index (χ3v) is 4.73. The smallest absolute Gasteiger partial charge is 0.244 e. The predicted octanol–water partition coefficient (Wildman–Crippen LogP) is 0.925. The lowest BCUT2D eigenvalue weighted by Crippen LogP contribution is -2.44. The molecule has 0 saturated carbocycles. The average molecular weight is 368 g/mol. The van der Waals surface area contributed by atoms with Gasteiger partial charge in [0.2, 0.25) is 15.9 Å². The Morgan fingerprint density at radius 1 is 1.45 bits per heavy atom. The second-order valence-corrected chi connectivity index (χ2v) is 6.92. The van der Waals surface area contributed by atoms with Crippen molar-refractivity contribution in [3.8, 4) is 0 Å². The van der Waals surface area contributed by atoms with Gasteiger partial charge in [-0.1, -0.05) is 0 Å². The summed E-state index contributed by atoms with van der Waals surface area (Å²) in [5.41, 5.74) is 5.63. The Hall–Kier alpha value is -1.19. The number of nitrogen functional groups attached to an aromatic ring is 1. The lowest BCUT2D eigenvalue weighted by atomic mass is 10.3. The zero-order valence-corrected chi connectivity index (χ0v) is 13.5. The molecule has 1 aromatic rings. The van der Waals surface area contributed by atoms with Crippen molar-refractivity contribution in [2.24, 2.45) is 0 Å². The maximum absolute atomic E-state index is 13.7. The molecule has 0 spiro atoms. The van der Waals surface area contributed by atoms with E-state index >= 15 is 0 Å². The fourth-order valence-corrected chi connectivity index (χ4v) is 3.09. The van der Waals surface area contributed by atoms with Gasteiger partial charge in [0, 0.05) is 24.3 Å². The second-order valence-electron chi connectivity index (χ2n) is 4.38. The molecule has 0 aromatic heterocycles. The summed E-state index contributed by atoms with van der Waals surface area (Å²) >= 11 is 3.00. The number of carbonyl (C=O) groups excluding carboxylic acids is 1. The van der Waals surface area contributed by atoms with Gasteiger partial charge in [-0.3, -0.25) is 4.79 Å². The van der Waals surface area contributed by atoms with Crippen LogP contribution in [0.25, 0.3) is 0 Å². The Kier molecular flexibility index (Phi) is 5.11. The number of nitrogens with zero attached hydrogens (tertiary/aromatic N) is 1. The van der Waals surface area contributed by atoms with Crippen LogP contribution in [0, 0.1) is 5.82 Å². The van der Waals surface area contributed by atoms with Crippen LogP contribution in [0.4, 0.5) is 10.1 Å². The maximum atomic E-state index is 13.7. The molecule has 0 heterocycles. The SMILES string of the molecule is CC(NS(=O)(=O)c1cc(N)c(Br)cc1F)C(=O)N(C)C.